The van der Waals surface area contributed by atoms with Gasteiger partial charge in [-0.15, -0.1) is 0 Å². The predicted octanol–water partition coefficient (Wildman–Crippen LogP) is 1.63. The Morgan fingerprint density at radius 1 is 1.35 bits per heavy atom. The molecule has 1 atom stereocenters. The van der Waals surface area contributed by atoms with Crippen LogP contribution in [-0.4, -0.2) is 35.7 Å². The number of hydrogen-bond donors (Lipinski definition) is 1. The zero-order valence-electron chi connectivity index (χ0n) is 12.9. The number of nitrogens with one attached hydrogen (secondary N) is 1. The second-order valence-corrected chi connectivity index (χ2v) is 4.79. The largest absolute Gasteiger partial charge is 0.467 e. The molecule has 8 heteroatoms. The Labute approximate surface area is 133 Å². The molecule has 23 heavy (non-hydrogen) atoms. The highest BCUT2D eigenvalue weighted by Gasteiger charge is 2.23. The fourth-order valence-electron chi connectivity index (χ4n) is 1.88. The third kappa shape index (κ3) is 5.50. The minimum Gasteiger partial charge on any atom is -0.467 e. The first kappa shape index (κ1) is 18.3. The lowest BCUT2D eigenvalue weighted by Gasteiger charge is -2.16. The smallest absolute Gasteiger partial charge is 0.328 e. The number of non-ortho nitro benzene ring substituents is 1. The van der Waals surface area contributed by atoms with E-state index in [1.165, 1.54) is 25.3 Å². The molecule has 0 fully saturated rings. The maximum Gasteiger partial charge on any atom is 0.328 e. The predicted molar refractivity (Wildman–Crippen MR) is 80.9 cm³/mol. The number of Topliss-reactive ketones (excluding diaryl/α,β-unsaturated/α-hetero) is 1. The number of ketones is 1. The van der Waals surface area contributed by atoms with Crippen LogP contribution in [0, 0.1) is 10.1 Å². The lowest BCUT2D eigenvalue weighted by Crippen LogP contribution is -2.41. The zero-order chi connectivity index (χ0) is 17.4. The van der Waals surface area contributed by atoms with E-state index in [1.807, 2.05) is 0 Å². The van der Waals surface area contributed by atoms with Crippen molar-refractivity contribution in [2.24, 2.45) is 0 Å². The van der Waals surface area contributed by atoms with E-state index in [0.29, 0.717) is 6.42 Å². The molecular weight excluding hydrogens is 304 g/mol. The number of rotatable bonds is 8. The number of carbonyl (C=O) groups excluding carboxylic acids is 3. The maximum atomic E-state index is 12.1. The Hall–Kier alpha value is -2.77. The van der Waals surface area contributed by atoms with Crippen LogP contribution in [0.5, 0.6) is 0 Å². The Morgan fingerprint density at radius 3 is 2.61 bits per heavy atom. The van der Waals surface area contributed by atoms with Crippen molar-refractivity contribution in [2.75, 3.05) is 7.11 Å². The number of nitro groups is 1. The molecular formula is C15H18N2O6. The summed E-state index contributed by atoms with van der Waals surface area (Å²) in [6, 6.07) is 4.16. The van der Waals surface area contributed by atoms with E-state index < -0.39 is 22.8 Å². The van der Waals surface area contributed by atoms with Gasteiger partial charge in [0.25, 0.3) is 11.6 Å². The highest BCUT2D eigenvalue weighted by Crippen LogP contribution is 2.13. The van der Waals surface area contributed by atoms with Crippen LogP contribution >= 0.6 is 0 Å². The molecule has 0 aliphatic heterocycles. The van der Waals surface area contributed by atoms with E-state index in [4.69, 9.17) is 0 Å². The van der Waals surface area contributed by atoms with E-state index in [-0.39, 0.29) is 29.9 Å². The van der Waals surface area contributed by atoms with E-state index in [2.05, 4.69) is 10.1 Å². The highest BCUT2D eigenvalue weighted by molar-refractivity contribution is 5.97. The van der Waals surface area contributed by atoms with Gasteiger partial charge in [0.05, 0.1) is 12.0 Å². The standard InChI is InChI=1S/C15H18N2O6/c1-3-12(18)7-8-13(15(20)23-2)16-14(19)10-5-4-6-11(9-10)17(21)22/h4-6,9,13H,3,7-8H2,1-2H3,(H,16,19)/t13-/m0/s1. The van der Waals surface area contributed by atoms with Crippen molar-refractivity contribution in [2.45, 2.75) is 32.2 Å². The van der Waals surface area contributed by atoms with Crippen molar-refractivity contribution in [3.8, 4) is 0 Å². The van der Waals surface area contributed by atoms with Crippen molar-refractivity contribution < 1.29 is 24.0 Å². The molecule has 0 unspecified atom stereocenters. The number of ether oxygens (including phenoxy) is 1. The second kappa shape index (κ2) is 8.62. The summed E-state index contributed by atoms with van der Waals surface area (Å²) >= 11 is 0. The van der Waals surface area contributed by atoms with E-state index in [9.17, 15) is 24.5 Å². The number of carbonyl (C=O) groups is 3. The molecule has 124 valence electrons. The number of amides is 1. The molecule has 8 nitrogen and oxygen atoms in total. The molecule has 1 aromatic carbocycles. The van der Waals surface area contributed by atoms with Gasteiger partial charge >= 0.3 is 5.97 Å². The molecule has 0 radical (unpaired) electrons. The topological polar surface area (TPSA) is 116 Å². The molecule has 0 aromatic heterocycles. The number of benzene rings is 1. The van der Waals surface area contributed by atoms with Gasteiger partial charge in [-0.25, -0.2) is 4.79 Å². The van der Waals surface area contributed by atoms with E-state index >= 15 is 0 Å². The van der Waals surface area contributed by atoms with Gasteiger partial charge in [-0.1, -0.05) is 13.0 Å². The Kier molecular flexibility index (Phi) is 6.85. The van der Waals surface area contributed by atoms with E-state index in [0.717, 1.165) is 6.07 Å². The third-order valence-corrected chi connectivity index (χ3v) is 3.22. The SMILES string of the molecule is CCC(=O)CC[C@H](NC(=O)c1cccc([N+](=O)[O-])c1)C(=O)OC. The first-order valence-electron chi connectivity index (χ1n) is 7.03. The molecule has 1 rings (SSSR count). The fourth-order valence-corrected chi connectivity index (χ4v) is 1.88. The molecule has 0 aliphatic carbocycles. The van der Waals surface area contributed by atoms with Gasteiger partial charge in [0.2, 0.25) is 0 Å². The Morgan fingerprint density at radius 2 is 2.04 bits per heavy atom. The molecule has 0 spiro atoms. The lowest BCUT2D eigenvalue weighted by molar-refractivity contribution is -0.384. The molecule has 1 aromatic rings. The van der Waals surface area contributed by atoms with Crippen molar-refractivity contribution in [1.29, 1.82) is 0 Å². The molecule has 0 saturated carbocycles. The van der Waals surface area contributed by atoms with Crippen LogP contribution in [-0.2, 0) is 14.3 Å². The van der Waals surface area contributed by atoms with Crippen molar-refractivity contribution in [3.05, 3.63) is 39.9 Å². The summed E-state index contributed by atoms with van der Waals surface area (Å²) in [6.45, 7) is 1.71. The number of nitro benzene ring substituents is 1. The van der Waals surface area contributed by atoms with Gasteiger partial charge in [-0.05, 0) is 12.5 Å². The minimum atomic E-state index is -0.984. The quantitative estimate of drug-likeness (QED) is 0.442. The first-order chi connectivity index (χ1) is 10.9. The average molecular weight is 322 g/mol. The Bertz CT molecular complexity index is 614. The summed E-state index contributed by atoms with van der Waals surface area (Å²) in [5.74, 6) is -1.36. The van der Waals surface area contributed by atoms with Crippen LogP contribution < -0.4 is 5.32 Å². The number of esters is 1. The summed E-state index contributed by atoms with van der Waals surface area (Å²) in [4.78, 5) is 45.3. The summed E-state index contributed by atoms with van der Waals surface area (Å²) in [5.41, 5.74) is -0.177. The average Bonchev–Trinajstić information content (AvgIpc) is 2.57. The first-order valence-corrected chi connectivity index (χ1v) is 7.03. The molecule has 1 N–H and O–H groups in total. The van der Waals surface area contributed by atoms with Gasteiger partial charge < -0.3 is 10.1 Å². The summed E-state index contributed by atoms with van der Waals surface area (Å²) in [5, 5.41) is 13.2. The highest BCUT2D eigenvalue weighted by atomic mass is 16.6. The summed E-state index contributed by atoms with van der Waals surface area (Å²) < 4.78 is 4.60. The molecule has 0 heterocycles. The maximum absolute atomic E-state index is 12.1. The van der Waals surface area contributed by atoms with Crippen LogP contribution in [0.25, 0.3) is 0 Å². The number of hydrogen-bond acceptors (Lipinski definition) is 6. The van der Waals surface area contributed by atoms with Gasteiger partial charge in [-0.3, -0.25) is 19.7 Å². The molecule has 0 aliphatic rings. The fraction of sp³-hybridized carbons (Fsp3) is 0.400. The number of methoxy groups -OCH3 is 1. The van der Waals surface area contributed by atoms with Crippen LogP contribution in [0.3, 0.4) is 0 Å². The molecule has 0 saturated heterocycles. The van der Waals surface area contributed by atoms with Crippen molar-refractivity contribution in [1.82, 2.24) is 5.32 Å². The van der Waals surface area contributed by atoms with Gasteiger partial charge in [0.1, 0.15) is 11.8 Å². The summed E-state index contributed by atoms with van der Waals surface area (Å²) in [7, 11) is 1.18. The van der Waals surface area contributed by atoms with Gasteiger partial charge in [0.15, 0.2) is 0 Å². The zero-order valence-corrected chi connectivity index (χ0v) is 12.9. The normalized spacial score (nSPS) is 11.4. The van der Waals surface area contributed by atoms with E-state index in [1.54, 1.807) is 6.92 Å². The summed E-state index contributed by atoms with van der Waals surface area (Å²) in [6.07, 6.45) is 0.582. The van der Waals surface area contributed by atoms with Crippen LogP contribution in [0.1, 0.15) is 36.5 Å². The lowest BCUT2D eigenvalue weighted by atomic mass is 10.1. The molecule has 0 bridgehead atoms. The van der Waals surface area contributed by atoms with Crippen molar-refractivity contribution in [3.63, 3.8) is 0 Å². The minimum absolute atomic E-state index is 0.0384. The Balaban J connectivity index is 2.83. The van der Waals surface area contributed by atoms with Crippen LogP contribution in [0.2, 0.25) is 0 Å². The number of nitrogens with zero attached hydrogens (tertiary/aromatic N) is 1. The molecule has 1 amide bonds. The second-order valence-electron chi connectivity index (χ2n) is 4.79. The monoisotopic (exact) mass is 322 g/mol. The van der Waals surface area contributed by atoms with Gasteiger partial charge in [-0.2, -0.15) is 0 Å². The third-order valence-electron chi connectivity index (χ3n) is 3.22. The van der Waals surface area contributed by atoms with Crippen LogP contribution in [0.15, 0.2) is 24.3 Å². The van der Waals surface area contributed by atoms with Crippen LogP contribution in [0.4, 0.5) is 5.69 Å². The van der Waals surface area contributed by atoms with Gasteiger partial charge in [0, 0.05) is 30.5 Å². The van der Waals surface area contributed by atoms with Crippen molar-refractivity contribution >= 4 is 23.3 Å².